The summed E-state index contributed by atoms with van der Waals surface area (Å²) in [5.74, 6) is -0.157. The molecular weight excluding hydrogens is 248 g/mol. The predicted octanol–water partition coefficient (Wildman–Crippen LogP) is 5.81. The van der Waals surface area contributed by atoms with Crippen LogP contribution < -0.4 is 0 Å². The standard InChI is InChI=1S/C18H34O2/c1-3-4-5-6-7-8-9-10-11-12-13-14-15-16-17-20-18(2)19/h3-4H,5-17H2,1-2H3. The molecule has 0 saturated carbocycles. The van der Waals surface area contributed by atoms with E-state index in [0.717, 1.165) is 6.42 Å². The molecule has 0 rings (SSSR count). The van der Waals surface area contributed by atoms with E-state index >= 15 is 0 Å². The molecule has 0 amide bonds. The first-order valence-corrected chi connectivity index (χ1v) is 8.52. The Kier molecular flexibility index (Phi) is 15.6. The predicted molar refractivity (Wildman–Crippen MR) is 86.9 cm³/mol. The molecule has 0 atom stereocenters. The molecule has 0 spiro atoms. The number of ether oxygens (including phenoxy) is 1. The van der Waals surface area contributed by atoms with Crippen LogP contribution in [0.25, 0.3) is 0 Å². The van der Waals surface area contributed by atoms with E-state index in [-0.39, 0.29) is 5.97 Å². The number of unbranched alkanes of at least 4 members (excludes halogenated alkanes) is 11. The maximum Gasteiger partial charge on any atom is 0.302 e. The number of allylic oxidation sites excluding steroid dienone is 2. The van der Waals surface area contributed by atoms with Crippen LogP contribution in [0.1, 0.15) is 90.9 Å². The molecule has 0 saturated heterocycles. The molecule has 2 nitrogen and oxygen atoms in total. The normalized spacial score (nSPS) is 11.1. The van der Waals surface area contributed by atoms with Gasteiger partial charge in [0.05, 0.1) is 6.61 Å². The summed E-state index contributed by atoms with van der Waals surface area (Å²) in [4.78, 5) is 10.6. The lowest BCUT2D eigenvalue weighted by molar-refractivity contribution is -0.141. The average Bonchev–Trinajstić information content (AvgIpc) is 2.43. The van der Waals surface area contributed by atoms with E-state index in [1.165, 1.54) is 77.6 Å². The Labute approximate surface area is 126 Å². The zero-order valence-electron chi connectivity index (χ0n) is 13.7. The Morgan fingerprint density at radius 2 is 1.25 bits per heavy atom. The maximum atomic E-state index is 10.6. The second kappa shape index (κ2) is 16.3. The van der Waals surface area contributed by atoms with E-state index in [1.807, 2.05) is 0 Å². The summed E-state index contributed by atoms with van der Waals surface area (Å²) in [5.41, 5.74) is 0. The van der Waals surface area contributed by atoms with Crippen LogP contribution in [0.4, 0.5) is 0 Å². The topological polar surface area (TPSA) is 26.3 Å². The molecule has 0 aliphatic rings. The quantitative estimate of drug-likeness (QED) is 0.228. The van der Waals surface area contributed by atoms with Crippen LogP contribution in [-0.2, 0) is 9.53 Å². The number of carbonyl (C=O) groups is 1. The molecule has 0 unspecified atom stereocenters. The van der Waals surface area contributed by atoms with Gasteiger partial charge < -0.3 is 4.74 Å². The lowest BCUT2D eigenvalue weighted by Crippen LogP contribution is -2.00. The summed E-state index contributed by atoms with van der Waals surface area (Å²) >= 11 is 0. The molecule has 0 heterocycles. The van der Waals surface area contributed by atoms with Crippen LogP contribution in [0.3, 0.4) is 0 Å². The Morgan fingerprint density at radius 3 is 1.70 bits per heavy atom. The fourth-order valence-corrected chi connectivity index (χ4v) is 2.34. The number of esters is 1. The SMILES string of the molecule is CC=CCCCCCCCCCCCCCOC(C)=O. The molecule has 0 aliphatic heterocycles. The highest BCUT2D eigenvalue weighted by molar-refractivity contribution is 5.65. The molecular formula is C18H34O2. The van der Waals surface area contributed by atoms with Gasteiger partial charge in [0.2, 0.25) is 0 Å². The monoisotopic (exact) mass is 282 g/mol. The smallest absolute Gasteiger partial charge is 0.302 e. The molecule has 0 aromatic heterocycles. The molecule has 20 heavy (non-hydrogen) atoms. The minimum atomic E-state index is -0.157. The largest absolute Gasteiger partial charge is 0.466 e. The van der Waals surface area contributed by atoms with Crippen molar-refractivity contribution in [1.82, 2.24) is 0 Å². The molecule has 2 heteroatoms. The van der Waals surface area contributed by atoms with Crippen LogP contribution >= 0.6 is 0 Å². The van der Waals surface area contributed by atoms with Crippen molar-refractivity contribution in [3.8, 4) is 0 Å². The Balaban J connectivity index is 2.97. The Bertz CT molecular complexity index is 234. The van der Waals surface area contributed by atoms with Gasteiger partial charge in [-0.1, -0.05) is 69.9 Å². The van der Waals surface area contributed by atoms with E-state index in [0.29, 0.717) is 6.61 Å². The van der Waals surface area contributed by atoms with Gasteiger partial charge >= 0.3 is 5.97 Å². The molecule has 0 N–H and O–H groups in total. The minimum Gasteiger partial charge on any atom is -0.466 e. The van der Waals surface area contributed by atoms with Crippen molar-refractivity contribution < 1.29 is 9.53 Å². The first-order chi connectivity index (χ1) is 9.77. The maximum absolute atomic E-state index is 10.6. The van der Waals surface area contributed by atoms with Crippen molar-refractivity contribution in [2.24, 2.45) is 0 Å². The van der Waals surface area contributed by atoms with Crippen molar-refractivity contribution in [2.75, 3.05) is 6.61 Å². The van der Waals surface area contributed by atoms with Crippen molar-refractivity contribution in [2.45, 2.75) is 90.9 Å². The van der Waals surface area contributed by atoms with Gasteiger partial charge in [-0.2, -0.15) is 0 Å². The van der Waals surface area contributed by atoms with E-state index in [9.17, 15) is 4.79 Å². The van der Waals surface area contributed by atoms with Crippen LogP contribution in [0.5, 0.6) is 0 Å². The fourth-order valence-electron chi connectivity index (χ4n) is 2.34. The van der Waals surface area contributed by atoms with Gasteiger partial charge in [-0.15, -0.1) is 0 Å². The summed E-state index contributed by atoms with van der Waals surface area (Å²) in [6.07, 6.45) is 20.2. The number of rotatable bonds is 14. The average molecular weight is 282 g/mol. The second-order valence-corrected chi connectivity index (χ2v) is 5.59. The molecule has 118 valence electrons. The molecule has 0 bridgehead atoms. The third kappa shape index (κ3) is 17.2. The van der Waals surface area contributed by atoms with Crippen LogP contribution in [0, 0.1) is 0 Å². The van der Waals surface area contributed by atoms with Crippen molar-refractivity contribution in [3.63, 3.8) is 0 Å². The van der Waals surface area contributed by atoms with Gasteiger partial charge in [0.1, 0.15) is 0 Å². The van der Waals surface area contributed by atoms with Crippen LogP contribution in [-0.4, -0.2) is 12.6 Å². The van der Waals surface area contributed by atoms with Crippen LogP contribution in [0.15, 0.2) is 12.2 Å². The lowest BCUT2D eigenvalue weighted by Gasteiger charge is -2.03. The third-order valence-corrected chi connectivity index (χ3v) is 3.56. The summed E-state index contributed by atoms with van der Waals surface area (Å²) in [6, 6.07) is 0. The van der Waals surface area contributed by atoms with E-state index < -0.39 is 0 Å². The highest BCUT2D eigenvalue weighted by Gasteiger charge is 1.95. The Morgan fingerprint density at radius 1 is 0.800 bits per heavy atom. The number of hydrogen-bond donors (Lipinski definition) is 0. The summed E-state index contributed by atoms with van der Waals surface area (Å²) < 4.78 is 4.91. The van der Waals surface area contributed by atoms with Gasteiger partial charge in [-0.3, -0.25) is 4.79 Å². The molecule has 0 fully saturated rings. The van der Waals surface area contributed by atoms with Gasteiger partial charge in [-0.25, -0.2) is 0 Å². The first-order valence-electron chi connectivity index (χ1n) is 8.52. The number of carbonyl (C=O) groups excluding carboxylic acids is 1. The summed E-state index contributed by atoms with van der Waals surface area (Å²) in [5, 5.41) is 0. The molecule has 0 aliphatic carbocycles. The van der Waals surface area contributed by atoms with Crippen LogP contribution in [0.2, 0.25) is 0 Å². The van der Waals surface area contributed by atoms with Gasteiger partial charge in [0.15, 0.2) is 0 Å². The van der Waals surface area contributed by atoms with Crippen molar-refractivity contribution >= 4 is 5.97 Å². The fraction of sp³-hybridized carbons (Fsp3) is 0.833. The van der Waals surface area contributed by atoms with Crippen molar-refractivity contribution in [3.05, 3.63) is 12.2 Å². The Hall–Kier alpha value is -0.790. The second-order valence-electron chi connectivity index (χ2n) is 5.59. The number of hydrogen-bond acceptors (Lipinski definition) is 2. The van der Waals surface area contributed by atoms with Crippen molar-refractivity contribution in [1.29, 1.82) is 0 Å². The zero-order valence-corrected chi connectivity index (χ0v) is 13.7. The summed E-state index contributed by atoms with van der Waals surface area (Å²) in [7, 11) is 0. The molecule has 0 aromatic rings. The molecule has 0 radical (unpaired) electrons. The zero-order chi connectivity index (χ0) is 14.9. The highest BCUT2D eigenvalue weighted by atomic mass is 16.5. The van der Waals surface area contributed by atoms with Gasteiger partial charge in [0, 0.05) is 6.92 Å². The summed E-state index contributed by atoms with van der Waals surface area (Å²) in [6.45, 7) is 4.17. The van der Waals surface area contributed by atoms with Gasteiger partial charge in [0.25, 0.3) is 0 Å². The van der Waals surface area contributed by atoms with E-state index in [2.05, 4.69) is 19.1 Å². The van der Waals surface area contributed by atoms with E-state index in [1.54, 1.807) is 0 Å². The van der Waals surface area contributed by atoms with Gasteiger partial charge in [-0.05, 0) is 26.2 Å². The molecule has 0 aromatic carbocycles. The lowest BCUT2D eigenvalue weighted by atomic mass is 10.1. The minimum absolute atomic E-state index is 0.157. The van der Waals surface area contributed by atoms with E-state index in [4.69, 9.17) is 4.74 Å². The third-order valence-electron chi connectivity index (χ3n) is 3.56. The highest BCUT2D eigenvalue weighted by Crippen LogP contribution is 2.12. The first kappa shape index (κ1) is 19.2.